The van der Waals surface area contributed by atoms with Crippen LogP contribution in [0.25, 0.3) is 16.8 Å². The number of primary amides is 1. The fourth-order valence-corrected chi connectivity index (χ4v) is 6.43. The summed E-state index contributed by atoms with van der Waals surface area (Å²) in [5.41, 5.74) is 8.57. The van der Waals surface area contributed by atoms with Crippen LogP contribution in [0, 0.1) is 11.3 Å². The molecular formula is C24H25N5O4S. The number of ether oxygens (including phenoxy) is 2. The molecule has 10 heteroatoms. The number of benzene rings is 1. The number of fused-ring (bicyclic) bond motifs is 2. The summed E-state index contributed by atoms with van der Waals surface area (Å²) in [7, 11) is 0. The van der Waals surface area contributed by atoms with Crippen molar-refractivity contribution < 1.29 is 19.1 Å². The van der Waals surface area contributed by atoms with Gasteiger partial charge in [-0.2, -0.15) is 10.4 Å². The number of hydrogen-bond acceptors (Lipinski definition) is 8. The van der Waals surface area contributed by atoms with Gasteiger partial charge in [0.1, 0.15) is 17.9 Å². The SMILES string of the molecule is N#CCCOC(=O)C1SC2=C(c3ccc(-c4cn[nH]c4)cc3OCC2)N1C1(C(N)=O)CCCC1. The van der Waals surface area contributed by atoms with Gasteiger partial charge in [0.25, 0.3) is 0 Å². The monoisotopic (exact) mass is 479 g/mol. The molecule has 1 amide bonds. The Bertz CT molecular complexity index is 1180. The van der Waals surface area contributed by atoms with Gasteiger partial charge in [0.15, 0.2) is 5.37 Å². The number of aromatic nitrogens is 2. The number of carbonyl (C=O) groups excluding carboxylic acids is 2. The summed E-state index contributed by atoms with van der Waals surface area (Å²) in [4.78, 5) is 29.0. The lowest BCUT2D eigenvalue weighted by Gasteiger charge is -2.42. The van der Waals surface area contributed by atoms with Crippen LogP contribution in [-0.4, -0.2) is 51.1 Å². The number of amides is 1. The Morgan fingerprint density at radius 1 is 1.35 bits per heavy atom. The Hall–Kier alpha value is -3.45. The van der Waals surface area contributed by atoms with E-state index in [1.54, 1.807) is 6.20 Å². The van der Waals surface area contributed by atoms with E-state index in [0.29, 0.717) is 31.6 Å². The van der Waals surface area contributed by atoms with Gasteiger partial charge < -0.3 is 20.1 Å². The number of carbonyl (C=O) groups is 2. The lowest BCUT2D eigenvalue weighted by molar-refractivity contribution is -0.147. The molecular weight excluding hydrogens is 454 g/mol. The number of nitriles is 1. The Kier molecular flexibility index (Phi) is 5.96. The molecule has 34 heavy (non-hydrogen) atoms. The van der Waals surface area contributed by atoms with E-state index in [9.17, 15) is 9.59 Å². The minimum absolute atomic E-state index is 0.0161. The lowest BCUT2D eigenvalue weighted by atomic mass is 9.91. The highest BCUT2D eigenvalue weighted by molar-refractivity contribution is 8.04. The summed E-state index contributed by atoms with van der Waals surface area (Å²) in [6.07, 6.45) is 7.13. The van der Waals surface area contributed by atoms with E-state index < -0.39 is 22.8 Å². The molecule has 1 aromatic carbocycles. The molecule has 2 aliphatic heterocycles. The number of aromatic amines is 1. The molecule has 9 nitrogen and oxygen atoms in total. The molecule has 5 rings (SSSR count). The molecule has 1 unspecified atom stereocenters. The predicted octanol–water partition coefficient (Wildman–Crippen LogP) is 3.16. The van der Waals surface area contributed by atoms with Crippen LogP contribution in [0.4, 0.5) is 0 Å². The van der Waals surface area contributed by atoms with Gasteiger partial charge in [-0.25, -0.2) is 4.79 Å². The smallest absolute Gasteiger partial charge is 0.339 e. The normalized spacial score (nSPS) is 20.7. The number of nitrogens with two attached hydrogens (primary N) is 1. The van der Waals surface area contributed by atoms with Crippen LogP contribution in [0.5, 0.6) is 5.75 Å². The molecule has 3 heterocycles. The summed E-state index contributed by atoms with van der Waals surface area (Å²) in [6, 6.07) is 7.90. The second-order valence-electron chi connectivity index (χ2n) is 8.59. The summed E-state index contributed by atoms with van der Waals surface area (Å²) in [6.45, 7) is 0.462. The zero-order valence-electron chi connectivity index (χ0n) is 18.6. The van der Waals surface area contributed by atoms with Crippen LogP contribution < -0.4 is 10.5 Å². The van der Waals surface area contributed by atoms with Crippen molar-refractivity contribution >= 4 is 29.3 Å². The highest BCUT2D eigenvalue weighted by atomic mass is 32.2. The minimum Gasteiger partial charge on any atom is -0.492 e. The van der Waals surface area contributed by atoms with E-state index in [1.807, 2.05) is 35.4 Å². The maximum Gasteiger partial charge on any atom is 0.339 e. The van der Waals surface area contributed by atoms with E-state index in [2.05, 4.69) is 10.2 Å². The van der Waals surface area contributed by atoms with Gasteiger partial charge in [0.2, 0.25) is 5.91 Å². The molecule has 0 spiro atoms. The number of nitrogens with zero attached hydrogens (tertiary/aromatic N) is 3. The molecule has 2 aromatic rings. The number of rotatable bonds is 6. The standard InChI is InChI=1S/C24H25N5O4S/c25-9-3-10-33-22(30)21-29(24(23(26)31)7-1-2-8-24)20-17-5-4-15(16-13-27-28-14-16)12-18(17)32-11-6-19(20)34-21/h4-5,12-14,21H,1-3,6-8,10-11H2,(H2,26,31)(H,27,28). The quantitative estimate of drug-likeness (QED) is 0.477. The van der Waals surface area contributed by atoms with Crippen molar-refractivity contribution in [2.45, 2.75) is 49.4 Å². The zero-order valence-corrected chi connectivity index (χ0v) is 19.4. The average Bonchev–Trinajstić information content (AvgIpc) is 3.58. The molecule has 0 saturated heterocycles. The van der Waals surface area contributed by atoms with Gasteiger partial charge in [-0.1, -0.05) is 30.7 Å². The number of esters is 1. The highest BCUT2D eigenvalue weighted by Crippen LogP contribution is 2.54. The third-order valence-corrected chi connectivity index (χ3v) is 7.97. The number of hydrogen-bond donors (Lipinski definition) is 2. The Morgan fingerprint density at radius 3 is 2.88 bits per heavy atom. The van der Waals surface area contributed by atoms with Crippen molar-refractivity contribution in [3.05, 3.63) is 41.1 Å². The van der Waals surface area contributed by atoms with E-state index >= 15 is 0 Å². The molecule has 1 fully saturated rings. The van der Waals surface area contributed by atoms with Crippen molar-refractivity contribution in [3.63, 3.8) is 0 Å². The van der Waals surface area contributed by atoms with Crippen LogP contribution >= 0.6 is 11.8 Å². The molecule has 0 radical (unpaired) electrons. The van der Waals surface area contributed by atoms with Gasteiger partial charge in [-0.15, -0.1) is 0 Å². The maximum absolute atomic E-state index is 13.2. The van der Waals surface area contributed by atoms with E-state index in [1.165, 1.54) is 11.8 Å². The number of H-pyrrole nitrogens is 1. The average molecular weight is 480 g/mol. The van der Waals surface area contributed by atoms with Gasteiger partial charge in [-0.3, -0.25) is 9.89 Å². The van der Waals surface area contributed by atoms with E-state index in [0.717, 1.165) is 40.1 Å². The molecule has 1 aliphatic carbocycles. The van der Waals surface area contributed by atoms with Crippen molar-refractivity contribution in [1.29, 1.82) is 5.26 Å². The van der Waals surface area contributed by atoms with Crippen LogP contribution in [0.2, 0.25) is 0 Å². The van der Waals surface area contributed by atoms with Gasteiger partial charge in [0, 0.05) is 28.6 Å². The van der Waals surface area contributed by atoms with E-state index in [4.69, 9.17) is 20.5 Å². The Morgan fingerprint density at radius 2 is 2.18 bits per heavy atom. The summed E-state index contributed by atoms with van der Waals surface area (Å²) >= 11 is 1.40. The van der Waals surface area contributed by atoms with E-state index in [-0.39, 0.29) is 13.0 Å². The van der Waals surface area contributed by atoms with Gasteiger partial charge >= 0.3 is 5.97 Å². The van der Waals surface area contributed by atoms with Crippen molar-refractivity contribution in [3.8, 4) is 22.9 Å². The number of nitrogens with one attached hydrogen (secondary N) is 1. The third-order valence-electron chi connectivity index (χ3n) is 6.66. The highest BCUT2D eigenvalue weighted by Gasteiger charge is 2.54. The number of thioether (sulfide) groups is 1. The first kappa shape index (κ1) is 22.3. The maximum atomic E-state index is 13.2. The van der Waals surface area contributed by atoms with Gasteiger partial charge in [-0.05, 0) is 30.5 Å². The first-order valence-electron chi connectivity index (χ1n) is 11.3. The van der Waals surface area contributed by atoms with Crippen LogP contribution in [-0.2, 0) is 14.3 Å². The molecule has 1 aromatic heterocycles. The van der Waals surface area contributed by atoms with Crippen LogP contribution in [0.1, 0.15) is 44.1 Å². The zero-order chi connectivity index (χ0) is 23.7. The van der Waals surface area contributed by atoms with Crippen molar-refractivity contribution in [2.24, 2.45) is 5.73 Å². The third kappa shape index (κ3) is 3.70. The molecule has 3 aliphatic rings. The lowest BCUT2D eigenvalue weighted by Crippen LogP contribution is -2.58. The first-order chi connectivity index (χ1) is 16.5. The summed E-state index contributed by atoms with van der Waals surface area (Å²) in [5.74, 6) is -0.209. The van der Waals surface area contributed by atoms with Gasteiger partial charge in [0.05, 0.1) is 31.0 Å². The minimum atomic E-state index is -0.978. The fourth-order valence-electron chi connectivity index (χ4n) is 5.06. The summed E-state index contributed by atoms with van der Waals surface area (Å²) < 4.78 is 11.6. The first-order valence-corrected chi connectivity index (χ1v) is 12.2. The molecule has 3 N–H and O–H groups in total. The van der Waals surface area contributed by atoms with Crippen LogP contribution in [0.3, 0.4) is 0 Å². The van der Waals surface area contributed by atoms with Crippen molar-refractivity contribution in [2.75, 3.05) is 13.2 Å². The Balaban J connectivity index is 1.60. The second kappa shape index (κ2) is 9.06. The largest absolute Gasteiger partial charge is 0.492 e. The topological polar surface area (TPSA) is 134 Å². The second-order valence-corrected chi connectivity index (χ2v) is 9.76. The predicted molar refractivity (Wildman–Crippen MR) is 126 cm³/mol. The molecule has 1 atom stereocenters. The fraction of sp³-hybridized carbons (Fsp3) is 0.417. The summed E-state index contributed by atoms with van der Waals surface area (Å²) in [5, 5.41) is 14.9. The van der Waals surface area contributed by atoms with Crippen molar-refractivity contribution in [1.82, 2.24) is 15.1 Å². The molecule has 176 valence electrons. The Labute approximate surface area is 201 Å². The molecule has 1 saturated carbocycles. The van der Waals surface area contributed by atoms with Crippen LogP contribution in [0.15, 0.2) is 35.5 Å². The molecule has 0 bridgehead atoms.